The van der Waals surface area contributed by atoms with E-state index in [0.717, 1.165) is 0 Å². The zero-order valence-corrected chi connectivity index (χ0v) is 17.3. The van der Waals surface area contributed by atoms with E-state index in [0.29, 0.717) is 22.9 Å². The van der Waals surface area contributed by atoms with Crippen LogP contribution in [0.1, 0.15) is 40.2 Å². The van der Waals surface area contributed by atoms with Crippen LogP contribution in [0.3, 0.4) is 0 Å². The molecule has 150 valence electrons. The average Bonchev–Trinajstić information content (AvgIpc) is 2.61. The van der Waals surface area contributed by atoms with Gasteiger partial charge in [-0.25, -0.2) is 0 Å². The number of carbonyl (C=O) groups excluding carboxylic acids is 2. The second-order valence-corrected chi connectivity index (χ2v) is 7.62. The number of nitrogens with one attached hydrogen (secondary N) is 2. The Bertz CT molecular complexity index is 839. The van der Waals surface area contributed by atoms with Crippen LogP contribution < -0.4 is 20.1 Å². The van der Waals surface area contributed by atoms with Crippen LogP contribution in [0.4, 0.5) is 11.4 Å². The quantitative estimate of drug-likeness (QED) is 0.776. The Morgan fingerprint density at radius 2 is 1.64 bits per heavy atom. The molecule has 6 heteroatoms. The number of methoxy groups -OCH3 is 1. The molecule has 0 saturated heterocycles. The van der Waals surface area contributed by atoms with Gasteiger partial charge in [0.05, 0.1) is 12.8 Å². The standard InChI is InChI=1S/C22H28N2O4/c1-14(28-18-10-7-16(8-11-18)22(3,4)5)21(26)24-17-9-12-20(27-6)19(13-17)23-15(2)25/h7-14H,1-6H3,(H,23,25)(H,24,26). The Labute approximate surface area is 166 Å². The number of benzene rings is 2. The molecule has 0 aliphatic heterocycles. The highest BCUT2D eigenvalue weighted by atomic mass is 16.5. The fourth-order valence-electron chi connectivity index (χ4n) is 2.61. The average molecular weight is 384 g/mol. The van der Waals surface area contributed by atoms with Crippen molar-refractivity contribution in [2.45, 2.75) is 46.1 Å². The second-order valence-electron chi connectivity index (χ2n) is 7.62. The topological polar surface area (TPSA) is 76.7 Å². The maximum atomic E-state index is 12.5. The molecule has 0 aliphatic rings. The molecule has 2 amide bonds. The van der Waals surface area contributed by atoms with Crippen molar-refractivity contribution in [3.8, 4) is 11.5 Å². The van der Waals surface area contributed by atoms with E-state index in [2.05, 4.69) is 31.4 Å². The van der Waals surface area contributed by atoms with Gasteiger partial charge in [-0.05, 0) is 48.2 Å². The van der Waals surface area contributed by atoms with Crippen molar-refractivity contribution in [1.82, 2.24) is 0 Å². The zero-order chi connectivity index (χ0) is 20.9. The van der Waals surface area contributed by atoms with Crippen LogP contribution in [0.2, 0.25) is 0 Å². The molecule has 1 unspecified atom stereocenters. The minimum absolute atomic E-state index is 0.0570. The van der Waals surface area contributed by atoms with Crippen molar-refractivity contribution >= 4 is 23.2 Å². The third kappa shape index (κ3) is 5.74. The van der Waals surface area contributed by atoms with E-state index in [4.69, 9.17) is 9.47 Å². The van der Waals surface area contributed by atoms with Gasteiger partial charge in [0.15, 0.2) is 6.10 Å². The summed E-state index contributed by atoms with van der Waals surface area (Å²) in [5.41, 5.74) is 2.27. The van der Waals surface area contributed by atoms with E-state index in [1.54, 1.807) is 25.1 Å². The second kappa shape index (κ2) is 8.78. The largest absolute Gasteiger partial charge is 0.495 e. The fraction of sp³-hybridized carbons (Fsp3) is 0.364. The van der Waals surface area contributed by atoms with E-state index < -0.39 is 6.10 Å². The van der Waals surface area contributed by atoms with Gasteiger partial charge in [0.1, 0.15) is 11.5 Å². The lowest BCUT2D eigenvalue weighted by atomic mass is 9.87. The number of hydrogen-bond donors (Lipinski definition) is 2. The maximum absolute atomic E-state index is 12.5. The van der Waals surface area contributed by atoms with E-state index in [1.165, 1.54) is 19.6 Å². The molecule has 1 atom stereocenters. The lowest BCUT2D eigenvalue weighted by Crippen LogP contribution is -2.30. The summed E-state index contributed by atoms with van der Waals surface area (Å²) in [6.07, 6.45) is -0.688. The highest BCUT2D eigenvalue weighted by Crippen LogP contribution is 2.28. The number of amides is 2. The van der Waals surface area contributed by atoms with Crippen molar-refractivity contribution in [3.05, 3.63) is 48.0 Å². The molecule has 0 saturated carbocycles. The van der Waals surface area contributed by atoms with Crippen LogP contribution in [0.15, 0.2) is 42.5 Å². The van der Waals surface area contributed by atoms with E-state index >= 15 is 0 Å². The van der Waals surface area contributed by atoms with E-state index in [9.17, 15) is 9.59 Å². The summed E-state index contributed by atoms with van der Waals surface area (Å²) < 4.78 is 11.0. The lowest BCUT2D eigenvalue weighted by Gasteiger charge is -2.20. The van der Waals surface area contributed by atoms with Gasteiger partial charge in [-0.2, -0.15) is 0 Å². The number of rotatable bonds is 6. The molecule has 0 aliphatic carbocycles. The van der Waals surface area contributed by atoms with Gasteiger partial charge in [-0.15, -0.1) is 0 Å². The highest BCUT2D eigenvalue weighted by Gasteiger charge is 2.17. The SMILES string of the molecule is COc1ccc(NC(=O)C(C)Oc2ccc(C(C)(C)C)cc2)cc1NC(C)=O. The molecular formula is C22H28N2O4. The molecule has 0 radical (unpaired) electrons. The van der Waals surface area contributed by atoms with Gasteiger partial charge in [0.2, 0.25) is 5.91 Å². The molecule has 0 bridgehead atoms. The minimum atomic E-state index is -0.688. The van der Waals surface area contributed by atoms with Crippen LogP contribution in [-0.2, 0) is 15.0 Å². The van der Waals surface area contributed by atoms with Gasteiger partial charge in [0.25, 0.3) is 5.91 Å². The molecule has 2 N–H and O–H groups in total. The number of carbonyl (C=O) groups is 2. The van der Waals surface area contributed by atoms with Gasteiger partial charge in [0, 0.05) is 12.6 Å². The summed E-state index contributed by atoms with van der Waals surface area (Å²) in [6.45, 7) is 9.52. The first-order valence-corrected chi connectivity index (χ1v) is 9.14. The van der Waals surface area contributed by atoms with Crippen LogP contribution in [0.25, 0.3) is 0 Å². The van der Waals surface area contributed by atoms with Crippen LogP contribution in [0.5, 0.6) is 11.5 Å². The summed E-state index contributed by atoms with van der Waals surface area (Å²) in [5.74, 6) is 0.622. The summed E-state index contributed by atoms with van der Waals surface area (Å²) >= 11 is 0. The van der Waals surface area contributed by atoms with Gasteiger partial charge in [-0.1, -0.05) is 32.9 Å². The van der Waals surface area contributed by atoms with Gasteiger partial charge >= 0.3 is 0 Å². The summed E-state index contributed by atoms with van der Waals surface area (Å²) in [5, 5.41) is 5.47. The molecule has 0 aromatic heterocycles. The normalized spacial score (nSPS) is 12.1. The monoisotopic (exact) mass is 384 g/mol. The van der Waals surface area contributed by atoms with Gasteiger partial charge < -0.3 is 20.1 Å². The predicted molar refractivity (Wildman–Crippen MR) is 111 cm³/mol. The smallest absolute Gasteiger partial charge is 0.265 e. The highest BCUT2D eigenvalue weighted by molar-refractivity contribution is 5.96. The first-order chi connectivity index (χ1) is 13.1. The molecule has 6 nitrogen and oxygen atoms in total. The lowest BCUT2D eigenvalue weighted by molar-refractivity contribution is -0.122. The van der Waals surface area contributed by atoms with Crippen molar-refractivity contribution in [1.29, 1.82) is 0 Å². The van der Waals surface area contributed by atoms with Crippen LogP contribution in [-0.4, -0.2) is 25.0 Å². The van der Waals surface area contributed by atoms with Crippen molar-refractivity contribution < 1.29 is 19.1 Å². The van der Waals surface area contributed by atoms with E-state index in [1.807, 2.05) is 24.3 Å². The Balaban J connectivity index is 2.05. The summed E-state index contributed by atoms with van der Waals surface area (Å²) in [7, 11) is 1.51. The fourth-order valence-corrected chi connectivity index (χ4v) is 2.61. The molecule has 2 aromatic rings. The Kier molecular flexibility index (Phi) is 6.67. The molecular weight excluding hydrogens is 356 g/mol. The first-order valence-electron chi connectivity index (χ1n) is 9.14. The van der Waals surface area contributed by atoms with E-state index in [-0.39, 0.29) is 17.2 Å². The predicted octanol–water partition coefficient (Wildman–Crippen LogP) is 4.36. The Morgan fingerprint density at radius 1 is 1.00 bits per heavy atom. The molecule has 0 heterocycles. The molecule has 2 aromatic carbocycles. The third-order valence-corrected chi connectivity index (χ3v) is 4.18. The maximum Gasteiger partial charge on any atom is 0.265 e. The summed E-state index contributed by atoms with van der Waals surface area (Å²) in [4.78, 5) is 23.8. The molecule has 0 fully saturated rings. The minimum Gasteiger partial charge on any atom is -0.495 e. The number of hydrogen-bond acceptors (Lipinski definition) is 4. The van der Waals surface area contributed by atoms with Crippen LogP contribution in [0, 0.1) is 0 Å². The Hall–Kier alpha value is -3.02. The molecule has 2 rings (SSSR count). The van der Waals surface area contributed by atoms with Gasteiger partial charge in [-0.3, -0.25) is 9.59 Å². The first kappa shape index (κ1) is 21.3. The Morgan fingerprint density at radius 3 is 2.18 bits per heavy atom. The van der Waals surface area contributed by atoms with Crippen molar-refractivity contribution in [3.63, 3.8) is 0 Å². The zero-order valence-electron chi connectivity index (χ0n) is 17.3. The molecule has 0 spiro atoms. The number of anilines is 2. The van der Waals surface area contributed by atoms with Crippen LogP contribution >= 0.6 is 0 Å². The van der Waals surface area contributed by atoms with Crippen molar-refractivity contribution in [2.75, 3.05) is 17.7 Å². The molecule has 28 heavy (non-hydrogen) atoms. The summed E-state index contributed by atoms with van der Waals surface area (Å²) in [6, 6.07) is 12.8. The number of ether oxygens (including phenoxy) is 2. The third-order valence-electron chi connectivity index (χ3n) is 4.18. The van der Waals surface area contributed by atoms with Crippen molar-refractivity contribution in [2.24, 2.45) is 0 Å².